The molecule has 33 heavy (non-hydrogen) atoms. The van der Waals surface area contributed by atoms with Gasteiger partial charge >= 0.3 is 5.97 Å². The number of nitrogens with one attached hydrogen (secondary N) is 1. The van der Waals surface area contributed by atoms with E-state index >= 15 is 0 Å². The molecule has 2 unspecified atom stereocenters. The minimum Gasteiger partial charge on any atom is -0.452 e. The molecule has 0 radical (unpaired) electrons. The van der Waals surface area contributed by atoms with Crippen molar-refractivity contribution in [3.8, 4) is 0 Å². The number of carbonyl (C=O) groups excluding carboxylic acids is 4. The lowest BCUT2D eigenvalue weighted by Gasteiger charge is -2.22. The van der Waals surface area contributed by atoms with Crippen molar-refractivity contribution in [2.45, 2.75) is 32.3 Å². The Hall–Kier alpha value is -4.06. The summed E-state index contributed by atoms with van der Waals surface area (Å²) >= 11 is 0. The van der Waals surface area contributed by atoms with Crippen molar-refractivity contribution in [2.24, 2.45) is 0 Å². The first-order valence-corrected chi connectivity index (χ1v) is 10.8. The Balaban J connectivity index is 1.53. The molecule has 0 fully saturated rings. The van der Waals surface area contributed by atoms with Gasteiger partial charge in [-0.2, -0.15) is 0 Å². The largest absolute Gasteiger partial charge is 0.452 e. The van der Waals surface area contributed by atoms with E-state index < -0.39 is 23.9 Å². The highest BCUT2D eigenvalue weighted by atomic mass is 16.5. The summed E-state index contributed by atoms with van der Waals surface area (Å²) in [6.45, 7) is 3.35. The Morgan fingerprint density at radius 2 is 1.42 bits per heavy atom. The van der Waals surface area contributed by atoms with Crippen molar-refractivity contribution in [1.29, 1.82) is 0 Å². The Morgan fingerprint density at radius 3 is 2.09 bits per heavy atom. The minimum atomic E-state index is -1.09. The maximum Gasteiger partial charge on any atom is 0.314 e. The number of benzene rings is 3. The monoisotopic (exact) mass is 441 g/mol. The van der Waals surface area contributed by atoms with Crippen LogP contribution in [0.2, 0.25) is 0 Å². The number of ether oxygens (including phenoxy) is 1. The Kier molecular flexibility index (Phi) is 6.18. The first-order valence-electron chi connectivity index (χ1n) is 10.8. The van der Waals surface area contributed by atoms with Crippen LogP contribution in [0.4, 0.5) is 5.69 Å². The molecule has 1 aliphatic carbocycles. The molecular formula is C27H23NO5. The smallest absolute Gasteiger partial charge is 0.314 e. The quantitative estimate of drug-likeness (QED) is 0.444. The van der Waals surface area contributed by atoms with Crippen molar-refractivity contribution in [2.75, 3.05) is 5.32 Å². The lowest BCUT2D eigenvalue weighted by molar-refractivity contribution is -0.154. The van der Waals surface area contributed by atoms with E-state index in [9.17, 15) is 19.2 Å². The van der Waals surface area contributed by atoms with Gasteiger partial charge in [0.1, 0.15) is 0 Å². The highest BCUT2D eigenvalue weighted by molar-refractivity contribution is 6.30. The van der Waals surface area contributed by atoms with Crippen LogP contribution < -0.4 is 5.32 Å². The van der Waals surface area contributed by atoms with Gasteiger partial charge < -0.3 is 10.1 Å². The highest BCUT2D eigenvalue weighted by Gasteiger charge is 2.32. The molecule has 0 saturated carbocycles. The van der Waals surface area contributed by atoms with Crippen LogP contribution >= 0.6 is 0 Å². The number of carbonyl (C=O) groups is 4. The summed E-state index contributed by atoms with van der Waals surface area (Å²) in [5.41, 5.74) is 2.04. The number of rotatable bonds is 6. The molecule has 1 aliphatic rings. The summed E-state index contributed by atoms with van der Waals surface area (Å²) in [6, 6.07) is 20.6. The van der Waals surface area contributed by atoms with Gasteiger partial charge in [-0.15, -0.1) is 0 Å². The van der Waals surface area contributed by atoms with E-state index in [1.807, 2.05) is 37.3 Å². The number of hydrogen-bond donors (Lipinski definition) is 1. The topological polar surface area (TPSA) is 89.5 Å². The van der Waals surface area contributed by atoms with Crippen molar-refractivity contribution in [3.63, 3.8) is 0 Å². The maximum atomic E-state index is 13.1. The molecule has 3 aromatic rings. The van der Waals surface area contributed by atoms with E-state index in [1.165, 1.54) is 6.92 Å². The lowest BCUT2D eigenvalue weighted by Crippen LogP contribution is -2.33. The summed E-state index contributed by atoms with van der Waals surface area (Å²) in [4.78, 5) is 51.5. The number of hydrogen-bond acceptors (Lipinski definition) is 5. The highest BCUT2D eigenvalue weighted by Crippen LogP contribution is 2.32. The molecule has 0 spiro atoms. The summed E-state index contributed by atoms with van der Waals surface area (Å²) in [6.07, 6.45) is -0.563. The first-order chi connectivity index (χ1) is 15.9. The van der Waals surface area contributed by atoms with Gasteiger partial charge in [0.05, 0.1) is 17.2 Å². The summed E-state index contributed by atoms with van der Waals surface area (Å²) in [7, 11) is 0. The van der Waals surface area contributed by atoms with Crippen molar-refractivity contribution >= 4 is 29.1 Å². The van der Waals surface area contributed by atoms with E-state index in [0.29, 0.717) is 17.5 Å². The van der Waals surface area contributed by atoms with Gasteiger partial charge in [0.2, 0.25) is 0 Å². The second-order valence-electron chi connectivity index (χ2n) is 7.87. The zero-order chi connectivity index (χ0) is 23.5. The van der Waals surface area contributed by atoms with Gasteiger partial charge in [-0.3, -0.25) is 19.2 Å². The first kappa shape index (κ1) is 22.1. The van der Waals surface area contributed by atoms with Crippen LogP contribution in [0, 0.1) is 0 Å². The van der Waals surface area contributed by atoms with Gasteiger partial charge in [-0.05, 0) is 25.0 Å². The molecule has 0 bridgehead atoms. The van der Waals surface area contributed by atoms with Gasteiger partial charge in [-0.25, -0.2) is 0 Å². The fraction of sp³-hybridized carbons (Fsp3) is 0.185. The van der Waals surface area contributed by atoms with Crippen molar-refractivity contribution < 1.29 is 23.9 Å². The predicted molar refractivity (Wildman–Crippen MR) is 123 cm³/mol. The Bertz CT molecular complexity index is 1250. The number of anilines is 1. The molecule has 166 valence electrons. The molecule has 0 aromatic heterocycles. The van der Waals surface area contributed by atoms with Crippen molar-refractivity contribution in [1.82, 2.24) is 0 Å². The van der Waals surface area contributed by atoms with Gasteiger partial charge in [0.15, 0.2) is 17.7 Å². The van der Waals surface area contributed by atoms with Crippen LogP contribution in [0.15, 0.2) is 72.8 Å². The van der Waals surface area contributed by atoms with E-state index in [2.05, 4.69) is 5.32 Å². The maximum absolute atomic E-state index is 13.1. The van der Waals surface area contributed by atoms with E-state index in [-0.39, 0.29) is 28.4 Å². The SMILES string of the molecule is CCC(C(=O)OC(C)C(=O)Nc1cccc2c1C(=O)c1ccccc1C2=O)c1ccccc1. The number of esters is 1. The van der Waals surface area contributed by atoms with Crippen LogP contribution in [-0.2, 0) is 14.3 Å². The average Bonchev–Trinajstić information content (AvgIpc) is 2.83. The third-order valence-corrected chi connectivity index (χ3v) is 5.77. The average molecular weight is 441 g/mol. The third kappa shape index (κ3) is 4.20. The van der Waals surface area contributed by atoms with E-state index in [0.717, 1.165) is 5.56 Å². The van der Waals surface area contributed by atoms with Crippen molar-refractivity contribution in [3.05, 3.63) is 101 Å². The van der Waals surface area contributed by atoms with Gasteiger partial charge in [-0.1, -0.05) is 73.7 Å². The van der Waals surface area contributed by atoms with Crippen LogP contribution in [0.5, 0.6) is 0 Å². The zero-order valence-corrected chi connectivity index (χ0v) is 18.3. The molecule has 1 N–H and O–H groups in total. The molecule has 0 heterocycles. The van der Waals surface area contributed by atoms with E-state index in [1.54, 1.807) is 42.5 Å². The second-order valence-corrected chi connectivity index (χ2v) is 7.87. The molecule has 2 atom stereocenters. The van der Waals surface area contributed by atoms with Crippen LogP contribution in [-0.4, -0.2) is 29.5 Å². The van der Waals surface area contributed by atoms with E-state index in [4.69, 9.17) is 4.74 Å². The second kappa shape index (κ2) is 9.20. The molecule has 1 amide bonds. The lowest BCUT2D eigenvalue weighted by atomic mass is 9.83. The van der Waals surface area contributed by atoms with Crippen LogP contribution in [0.3, 0.4) is 0 Å². The Morgan fingerprint density at radius 1 is 0.818 bits per heavy atom. The summed E-state index contributed by atoms with van der Waals surface area (Å²) < 4.78 is 5.44. The van der Waals surface area contributed by atoms with Crippen LogP contribution in [0.1, 0.15) is 63.6 Å². The fourth-order valence-electron chi connectivity index (χ4n) is 4.02. The molecular weight excluding hydrogens is 418 g/mol. The Labute approximate surface area is 191 Å². The number of ketones is 2. The van der Waals surface area contributed by atoms with Crippen LogP contribution in [0.25, 0.3) is 0 Å². The molecule has 6 nitrogen and oxygen atoms in total. The molecule has 0 saturated heterocycles. The molecule has 6 heteroatoms. The van der Waals surface area contributed by atoms with Gasteiger partial charge in [0.25, 0.3) is 5.91 Å². The predicted octanol–water partition coefficient (Wildman–Crippen LogP) is 4.53. The normalized spacial score (nSPS) is 14.0. The zero-order valence-electron chi connectivity index (χ0n) is 18.3. The molecule has 3 aromatic carbocycles. The summed E-state index contributed by atoms with van der Waals surface area (Å²) in [5.74, 6) is -2.18. The minimum absolute atomic E-state index is 0.142. The standard InChI is InChI=1S/C27H23NO5/c1-3-18(17-10-5-4-6-11-17)27(32)33-16(2)26(31)28-22-15-9-14-21-23(22)25(30)20-13-8-7-12-19(20)24(21)29/h4-16,18H,3H2,1-2H3,(H,28,31). The molecule has 0 aliphatic heterocycles. The molecule has 4 rings (SSSR count). The third-order valence-electron chi connectivity index (χ3n) is 5.77. The van der Waals surface area contributed by atoms with Gasteiger partial charge in [0, 0.05) is 16.7 Å². The number of amides is 1. The summed E-state index contributed by atoms with van der Waals surface area (Å²) in [5, 5.41) is 2.66. The fourth-order valence-corrected chi connectivity index (χ4v) is 4.02. The number of fused-ring (bicyclic) bond motifs is 2.